The van der Waals surface area contributed by atoms with Gasteiger partial charge in [-0.15, -0.1) is 0 Å². The van der Waals surface area contributed by atoms with E-state index in [-0.39, 0.29) is 0 Å². The van der Waals surface area contributed by atoms with Crippen LogP contribution in [0.1, 0.15) is 29.6 Å². The zero-order valence-corrected chi connectivity index (χ0v) is 11.7. The Morgan fingerprint density at radius 3 is 2.52 bits per heavy atom. The fraction of sp³-hybridized carbons (Fsp3) is 0.333. The summed E-state index contributed by atoms with van der Waals surface area (Å²) >= 11 is 0. The molecule has 1 aliphatic carbocycles. The summed E-state index contributed by atoms with van der Waals surface area (Å²) in [5, 5.41) is 10.6. The van der Waals surface area contributed by atoms with Gasteiger partial charge in [0.2, 0.25) is 0 Å². The van der Waals surface area contributed by atoms with Crippen LogP contribution in [0.4, 0.5) is 0 Å². The SMILES string of the molecule is OC(c1ccc2c(c1)OCCO2)C1CC1c1ccccc1. The van der Waals surface area contributed by atoms with Crippen LogP contribution in [0.2, 0.25) is 0 Å². The standard InChI is InChI=1S/C18H18O3/c19-18(15-11-14(15)12-4-2-1-3-5-12)13-6-7-16-17(10-13)21-9-8-20-16/h1-7,10,14-15,18-19H,8-9,11H2. The van der Waals surface area contributed by atoms with Gasteiger partial charge in [0.15, 0.2) is 11.5 Å². The third-order valence-corrected chi connectivity index (χ3v) is 4.38. The van der Waals surface area contributed by atoms with Gasteiger partial charge in [-0.25, -0.2) is 0 Å². The molecule has 2 aromatic rings. The largest absolute Gasteiger partial charge is 0.486 e. The number of hydrogen-bond acceptors (Lipinski definition) is 3. The molecular weight excluding hydrogens is 264 g/mol. The molecule has 2 aliphatic rings. The summed E-state index contributed by atoms with van der Waals surface area (Å²) in [6.45, 7) is 1.16. The van der Waals surface area contributed by atoms with Crippen molar-refractivity contribution in [2.24, 2.45) is 5.92 Å². The first-order chi connectivity index (χ1) is 10.3. The first kappa shape index (κ1) is 12.7. The van der Waals surface area contributed by atoms with Crippen molar-refractivity contribution in [1.29, 1.82) is 0 Å². The normalized spacial score (nSPS) is 24.4. The van der Waals surface area contributed by atoms with Crippen LogP contribution in [0.5, 0.6) is 11.5 Å². The Morgan fingerprint density at radius 2 is 1.71 bits per heavy atom. The topological polar surface area (TPSA) is 38.7 Å². The lowest BCUT2D eigenvalue weighted by Crippen LogP contribution is -2.15. The predicted octanol–water partition coefficient (Wildman–Crippen LogP) is 3.29. The zero-order valence-electron chi connectivity index (χ0n) is 11.7. The van der Waals surface area contributed by atoms with Gasteiger partial charge in [-0.2, -0.15) is 0 Å². The Bertz CT molecular complexity index is 638. The van der Waals surface area contributed by atoms with Crippen molar-refractivity contribution < 1.29 is 14.6 Å². The molecule has 0 amide bonds. The molecule has 0 radical (unpaired) electrons. The number of hydrogen-bond donors (Lipinski definition) is 1. The van der Waals surface area contributed by atoms with Gasteiger partial charge in [0, 0.05) is 0 Å². The van der Waals surface area contributed by atoms with E-state index in [9.17, 15) is 5.11 Å². The number of aliphatic hydroxyl groups is 1. The minimum atomic E-state index is -0.439. The van der Waals surface area contributed by atoms with Crippen LogP contribution in [0.25, 0.3) is 0 Å². The van der Waals surface area contributed by atoms with Crippen LogP contribution in [0.15, 0.2) is 48.5 Å². The molecule has 3 heteroatoms. The molecule has 3 atom stereocenters. The molecule has 0 bridgehead atoms. The summed E-state index contributed by atoms with van der Waals surface area (Å²) in [5.41, 5.74) is 2.24. The van der Waals surface area contributed by atoms with Crippen LogP contribution in [0.3, 0.4) is 0 Å². The summed E-state index contributed by atoms with van der Waals surface area (Å²) in [7, 11) is 0. The third kappa shape index (κ3) is 2.38. The molecule has 1 fully saturated rings. The highest BCUT2D eigenvalue weighted by Gasteiger charge is 2.43. The van der Waals surface area contributed by atoms with Gasteiger partial charge in [-0.3, -0.25) is 0 Å². The quantitative estimate of drug-likeness (QED) is 0.938. The van der Waals surface area contributed by atoms with Gasteiger partial charge < -0.3 is 14.6 Å². The molecule has 0 saturated heterocycles. The van der Waals surface area contributed by atoms with Crippen LogP contribution < -0.4 is 9.47 Å². The highest BCUT2D eigenvalue weighted by molar-refractivity contribution is 5.45. The highest BCUT2D eigenvalue weighted by atomic mass is 16.6. The number of rotatable bonds is 3. The highest BCUT2D eigenvalue weighted by Crippen LogP contribution is 2.54. The van der Waals surface area contributed by atoms with Gasteiger partial charge >= 0.3 is 0 Å². The lowest BCUT2D eigenvalue weighted by atomic mass is 10.0. The Hall–Kier alpha value is -2.00. The Kier molecular flexibility index (Phi) is 3.08. The van der Waals surface area contributed by atoms with Gasteiger partial charge in [0.1, 0.15) is 13.2 Å². The maximum Gasteiger partial charge on any atom is 0.161 e. The molecule has 1 N–H and O–H groups in total. The van der Waals surface area contributed by atoms with Crippen molar-refractivity contribution in [2.45, 2.75) is 18.4 Å². The summed E-state index contributed by atoms with van der Waals surface area (Å²) in [6, 6.07) is 16.2. The van der Waals surface area contributed by atoms with Crippen molar-refractivity contribution in [2.75, 3.05) is 13.2 Å². The van der Waals surface area contributed by atoms with Crippen LogP contribution in [-0.4, -0.2) is 18.3 Å². The van der Waals surface area contributed by atoms with Crippen molar-refractivity contribution in [3.63, 3.8) is 0 Å². The maximum atomic E-state index is 10.6. The van der Waals surface area contributed by atoms with E-state index in [2.05, 4.69) is 24.3 Å². The van der Waals surface area contributed by atoms with Gasteiger partial charge in [-0.1, -0.05) is 36.4 Å². The van der Waals surface area contributed by atoms with Gasteiger partial charge in [0.05, 0.1) is 6.10 Å². The third-order valence-electron chi connectivity index (χ3n) is 4.38. The van der Waals surface area contributed by atoms with E-state index in [1.165, 1.54) is 5.56 Å². The maximum absolute atomic E-state index is 10.6. The monoisotopic (exact) mass is 282 g/mol. The molecule has 1 aliphatic heterocycles. The number of fused-ring (bicyclic) bond motifs is 1. The Balaban J connectivity index is 1.52. The second kappa shape index (κ2) is 5.08. The van der Waals surface area contributed by atoms with Crippen LogP contribution in [-0.2, 0) is 0 Å². The fourth-order valence-corrected chi connectivity index (χ4v) is 3.14. The molecule has 1 heterocycles. The molecule has 21 heavy (non-hydrogen) atoms. The van der Waals surface area contributed by atoms with E-state index in [0.29, 0.717) is 25.0 Å². The Morgan fingerprint density at radius 1 is 0.952 bits per heavy atom. The zero-order chi connectivity index (χ0) is 14.2. The van der Waals surface area contributed by atoms with Gasteiger partial charge in [-0.05, 0) is 41.5 Å². The lowest BCUT2D eigenvalue weighted by molar-refractivity contribution is 0.147. The second-order valence-corrected chi connectivity index (χ2v) is 5.76. The van der Waals surface area contributed by atoms with Crippen molar-refractivity contribution in [3.8, 4) is 11.5 Å². The van der Waals surface area contributed by atoms with E-state index in [1.807, 2.05) is 24.3 Å². The average Bonchev–Trinajstić information content (AvgIpc) is 3.35. The molecular formula is C18H18O3. The summed E-state index contributed by atoms with van der Waals surface area (Å²) in [6.07, 6.45) is 0.602. The van der Waals surface area contributed by atoms with Crippen LogP contribution >= 0.6 is 0 Å². The molecule has 108 valence electrons. The first-order valence-electron chi connectivity index (χ1n) is 7.45. The van der Waals surface area contributed by atoms with E-state index in [4.69, 9.17) is 9.47 Å². The van der Waals surface area contributed by atoms with Crippen molar-refractivity contribution in [3.05, 3.63) is 59.7 Å². The molecule has 4 rings (SSSR count). The lowest BCUT2D eigenvalue weighted by Gasteiger charge is -2.20. The smallest absolute Gasteiger partial charge is 0.161 e. The minimum Gasteiger partial charge on any atom is -0.486 e. The number of benzene rings is 2. The second-order valence-electron chi connectivity index (χ2n) is 5.76. The molecule has 3 unspecified atom stereocenters. The van der Waals surface area contributed by atoms with Crippen molar-refractivity contribution in [1.82, 2.24) is 0 Å². The number of aliphatic hydroxyl groups excluding tert-OH is 1. The van der Waals surface area contributed by atoms with Crippen molar-refractivity contribution >= 4 is 0 Å². The van der Waals surface area contributed by atoms with Crippen LogP contribution in [0, 0.1) is 5.92 Å². The van der Waals surface area contributed by atoms with E-state index in [1.54, 1.807) is 0 Å². The fourth-order valence-electron chi connectivity index (χ4n) is 3.14. The molecule has 0 spiro atoms. The van der Waals surface area contributed by atoms with E-state index < -0.39 is 6.10 Å². The summed E-state index contributed by atoms with van der Waals surface area (Å²) in [4.78, 5) is 0. The predicted molar refractivity (Wildman–Crippen MR) is 79.7 cm³/mol. The Labute approximate surface area is 124 Å². The number of ether oxygens (including phenoxy) is 2. The molecule has 1 saturated carbocycles. The van der Waals surface area contributed by atoms with E-state index >= 15 is 0 Å². The molecule has 3 nitrogen and oxygen atoms in total. The van der Waals surface area contributed by atoms with Gasteiger partial charge in [0.25, 0.3) is 0 Å². The summed E-state index contributed by atoms with van der Waals surface area (Å²) in [5.74, 6) is 2.28. The molecule has 0 aromatic heterocycles. The summed E-state index contributed by atoms with van der Waals surface area (Å²) < 4.78 is 11.1. The minimum absolute atomic E-state index is 0.301. The average molecular weight is 282 g/mol. The molecule has 2 aromatic carbocycles. The first-order valence-corrected chi connectivity index (χ1v) is 7.45. The van der Waals surface area contributed by atoms with E-state index in [0.717, 1.165) is 23.5 Å².